The van der Waals surface area contributed by atoms with E-state index in [0.717, 1.165) is 57.6 Å². The Hall–Kier alpha value is -4.23. The van der Waals surface area contributed by atoms with Gasteiger partial charge in [-0.1, -0.05) is 0 Å². The summed E-state index contributed by atoms with van der Waals surface area (Å²) in [5, 5.41) is 13.0. The van der Waals surface area contributed by atoms with Crippen LogP contribution in [0, 0.1) is 5.82 Å². The van der Waals surface area contributed by atoms with E-state index in [1.54, 1.807) is 24.6 Å². The lowest BCUT2D eigenvalue weighted by Gasteiger charge is -2.36. The minimum absolute atomic E-state index is 0.110. The minimum Gasteiger partial charge on any atom is -0.489 e. The van der Waals surface area contributed by atoms with Crippen LogP contribution in [0.1, 0.15) is 6.42 Å². The van der Waals surface area contributed by atoms with Crippen molar-refractivity contribution in [3.05, 3.63) is 48.6 Å². The topological polar surface area (TPSA) is 128 Å². The number of anilines is 2. The second-order valence-corrected chi connectivity index (χ2v) is 9.90. The molecule has 7 rings (SSSR count). The van der Waals surface area contributed by atoms with Crippen LogP contribution in [-0.2, 0) is 6.54 Å². The fraction of sp³-hybridized carbons (Fsp3) is 0.385. The normalized spacial score (nSPS) is 18.5. The Morgan fingerprint density at radius 3 is 2.77 bits per heavy atom. The van der Waals surface area contributed by atoms with Gasteiger partial charge in [-0.05, 0) is 37.2 Å². The van der Waals surface area contributed by atoms with Crippen LogP contribution >= 0.6 is 0 Å². The van der Waals surface area contributed by atoms with Gasteiger partial charge in [-0.25, -0.2) is 14.1 Å². The van der Waals surface area contributed by atoms with Crippen molar-refractivity contribution in [2.24, 2.45) is 0 Å². The van der Waals surface area contributed by atoms with E-state index < -0.39 is 0 Å². The zero-order valence-electron chi connectivity index (χ0n) is 21.3. The van der Waals surface area contributed by atoms with Crippen molar-refractivity contribution in [3.63, 3.8) is 0 Å². The van der Waals surface area contributed by atoms with Crippen LogP contribution in [0.2, 0.25) is 0 Å². The van der Waals surface area contributed by atoms with Crippen molar-refractivity contribution in [2.45, 2.75) is 19.1 Å². The summed E-state index contributed by atoms with van der Waals surface area (Å²) >= 11 is 0. The molecule has 1 atom stereocenters. The lowest BCUT2D eigenvalue weighted by molar-refractivity contribution is 0.222. The van der Waals surface area contributed by atoms with E-state index in [1.807, 2.05) is 16.8 Å². The third-order valence-electron chi connectivity index (χ3n) is 7.42. The number of nitrogens with two attached hydrogens (primary N) is 1. The van der Waals surface area contributed by atoms with E-state index in [0.29, 0.717) is 40.9 Å². The van der Waals surface area contributed by atoms with Crippen molar-refractivity contribution in [1.82, 2.24) is 39.6 Å². The van der Waals surface area contributed by atoms with E-state index >= 15 is 0 Å². The number of benzene rings is 1. The molecule has 1 aromatic carbocycles. The smallest absolute Gasteiger partial charge is 0.225 e. The number of nitrogen functional groups attached to an aromatic ring is 1. The molecular formula is C26H29FN10O2. The fourth-order valence-corrected chi connectivity index (χ4v) is 5.32. The highest BCUT2D eigenvalue weighted by Crippen LogP contribution is 2.27. The number of halogens is 1. The standard InChI is InChI=1S/C26H29FN10O2/c27-20-14-17(39-18-5-6-29-15-18)3-4-21(20)35-10-7-34(8-11-35)9-12-36-24-19(16-30-36)25-31-23(22-2-1-13-38-22)33-37(25)26(28)32-24/h1-4,13-14,16,18,29H,5-12,15H2,(H2,28,32). The van der Waals surface area contributed by atoms with Crippen LogP contribution in [0.15, 0.2) is 47.2 Å². The molecule has 2 aliphatic heterocycles. The monoisotopic (exact) mass is 532 g/mol. The minimum atomic E-state index is -0.242. The fourth-order valence-electron chi connectivity index (χ4n) is 5.32. The first-order valence-corrected chi connectivity index (χ1v) is 13.2. The number of rotatable bonds is 7. The molecule has 13 heteroatoms. The van der Waals surface area contributed by atoms with Gasteiger partial charge in [0.05, 0.1) is 30.1 Å². The van der Waals surface area contributed by atoms with Gasteiger partial charge in [0.1, 0.15) is 17.7 Å². The molecule has 2 aliphatic rings. The molecule has 12 nitrogen and oxygen atoms in total. The molecule has 4 aromatic heterocycles. The summed E-state index contributed by atoms with van der Waals surface area (Å²) in [5.74, 6) is 1.58. The van der Waals surface area contributed by atoms with Gasteiger partial charge in [0, 0.05) is 45.3 Å². The number of aromatic nitrogens is 6. The molecule has 3 N–H and O–H groups in total. The van der Waals surface area contributed by atoms with Gasteiger partial charge in [-0.2, -0.15) is 14.6 Å². The Morgan fingerprint density at radius 2 is 2.00 bits per heavy atom. The molecular weight excluding hydrogens is 503 g/mol. The van der Waals surface area contributed by atoms with Crippen molar-refractivity contribution in [3.8, 4) is 17.3 Å². The number of nitrogens with zero attached hydrogens (tertiary/aromatic N) is 8. The van der Waals surface area contributed by atoms with Crippen molar-refractivity contribution in [1.29, 1.82) is 0 Å². The number of nitrogens with one attached hydrogen (secondary N) is 1. The van der Waals surface area contributed by atoms with E-state index in [2.05, 4.69) is 35.3 Å². The lowest BCUT2D eigenvalue weighted by Crippen LogP contribution is -2.47. The predicted octanol–water partition coefficient (Wildman–Crippen LogP) is 2.02. The Balaban J connectivity index is 0.996. The Kier molecular flexibility index (Phi) is 6.01. The highest BCUT2D eigenvalue weighted by Gasteiger charge is 2.22. The van der Waals surface area contributed by atoms with Crippen LogP contribution in [0.5, 0.6) is 5.75 Å². The molecule has 39 heavy (non-hydrogen) atoms. The first-order valence-electron chi connectivity index (χ1n) is 13.2. The molecule has 2 saturated heterocycles. The van der Waals surface area contributed by atoms with Gasteiger partial charge < -0.3 is 25.1 Å². The van der Waals surface area contributed by atoms with E-state index in [4.69, 9.17) is 14.9 Å². The third-order valence-corrected chi connectivity index (χ3v) is 7.42. The van der Waals surface area contributed by atoms with Gasteiger partial charge in [0.25, 0.3) is 0 Å². The van der Waals surface area contributed by atoms with Crippen LogP contribution in [-0.4, -0.2) is 86.2 Å². The highest BCUT2D eigenvalue weighted by molar-refractivity contribution is 5.90. The third kappa shape index (κ3) is 4.53. The highest BCUT2D eigenvalue weighted by atomic mass is 19.1. The van der Waals surface area contributed by atoms with Crippen LogP contribution in [0.3, 0.4) is 0 Å². The molecule has 6 heterocycles. The summed E-state index contributed by atoms with van der Waals surface area (Å²) in [4.78, 5) is 13.6. The molecule has 0 radical (unpaired) electrons. The second-order valence-electron chi connectivity index (χ2n) is 9.90. The van der Waals surface area contributed by atoms with Gasteiger partial charge in [-0.3, -0.25) is 4.90 Å². The maximum atomic E-state index is 14.9. The van der Waals surface area contributed by atoms with Crippen molar-refractivity contribution < 1.29 is 13.5 Å². The molecule has 202 valence electrons. The summed E-state index contributed by atoms with van der Waals surface area (Å²) in [6.07, 6.45) is 4.38. The number of piperazine rings is 1. The average Bonchev–Trinajstić information content (AvgIpc) is 3.75. The van der Waals surface area contributed by atoms with Crippen LogP contribution in [0.4, 0.5) is 16.0 Å². The van der Waals surface area contributed by atoms with Gasteiger partial charge in [-0.15, -0.1) is 5.10 Å². The van der Waals surface area contributed by atoms with Crippen LogP contribution in [0.25, 0.3) is 28.3 Å². The number of hydrogen-bond acceptors (Lipinski definition) is 10. The molecule has 0 bridgehead atoms. The lowest BCUT2D eigenvalue weighted by atomic mass is 10.2. The number of ether oxygens (including phenoxy) is 1. The summed E-state index contributed by atoms with van der Waals surface area (Å²) < 4.78 is 29.6. The van der Waals surface area contributed by atoms with E-state index in [-0.39, 0.29) is 17.9 Å². The summed E-state index contributed by atoms with van der Waals surface area (Å²) in [6.45, 7) is 6.29. The van der Waals surface area contributed by atoms with Crippen molar-refractivity contribution >= 4 is 28.3 Å². The number of hydrogen-bond donors (Lipinski definition) is 2. The molecule has 0 aliphatic carbocycles. The number of furan rings is 1. The Labute approximate surface area is 223 Å². The maximum absolute atomic E-state index is 14.9. The summed E-state index contributed by atoms with van der Waals surface area (Å²) in [5.41, 5.74) is 8.08. The molecule has 0 amide bonds. The van der Waals surface area contributed by atoms with Gasteiger partial charge >= 0.3 is 0 Å². The predicted molar refractivity (Wildman–Crippen MR) is 143 cm³/mol. The van der Waals surface area contributed by atoms with E-state index in [1.165, 1.54) is 10.6 Å². The molecule has 0 saturated carbocycles. The van der Waals surface area contributed by atoms with Gasteiger partial charge in [0.2, 0.25) is 11.8 Å². The first-order chi connectivity index (χ1) is 19.1. The average molecular weight is 533 g/mol. The largest absolute Gasteiger partial charge is 0.489 e. The molecule has 1 unspecified atom stereocenters. The van der Waals surface area contributed by atoms with Crippen molar-refractivity contribution in [2.75, 3.05) is 56.4 Å². The number of fused-ring (bicyclic) bond motifs is 3. The maximum Gasteiger partial charge on any atom is 0.225 e. The zero-order chi connectivity index (χ0) is 26.3. The second kappa shape index (κ2) is 9.82. The Morgan fingerprint density at radius 1 is 1.10 bits per heavy atom. The molecule has 0 spiro atoms. The van der Waals surface area contributed by atoms with Crippen LogP contribution < -0.4 is 20.7 Å². The summed E-state index contributed by atoms with van der Waals surface area (Å²) in [7, 11) is 0. The van der Waals surface area contributed by atoms with E-state index in [9.17, 15) is 4.39 Å². The molecule has 2 fully saturated rings. The first kappa shape index (κ1) is 23.9. The Bertz CT molecular complexity index is 1600. The zero-order valence-corrected chi connectivity index (χ0v) is 21.3. The van der Waals surface area contributed by atoms with Gasteiger partial charge in [0.15, 0.2) is 17.1 Å². The quantitative estimate of drug-likeness (QED) is 0.321. The summed E-state index contributed by atoms with van der Waals surface area (Å²) in [6, 6.07) is 8.79. The molecule has 5 aromatic rings. The SMILES string of the molecule is Nc1nc2c(cnn2CCN2CCN(c3ccc(OC4CCNC4)cc3F)CC2)c2nc(-c3ccco3)nn12.